The number of rotatable bonds is 7. The molecule has 3 heteroatoms. The van der Waals surface area contributed by atoms with Crippen LogP contribution in [0, 0.1) is 17.8 Å². The first kappa shape index (κ1) is 19.3. The van der Waals surface area contributed by atoms with Crippen LogP contribution in [0.3, 0.4) is 0 Å². The Bertz CT molecular complexity index is 652. The third-order valence-electron chi connectivity index (χ3n) is 6.73. The molecule has 2 fully saturated rings. The molecular formula is C24H37NO2. The highest BCUT2D eigenvalue weighted by Gasteiger charge is 2.38. The van der Waals surface area contributed by atoms with Crippen molar-refractivity contribution in [1.82, 2.24) is 4.90 Å². The average molecular weight is 372 g/mol. The van der Waals surface area contributed by atoms with Gasteiger partial charge in [0, 0.05) is 19.1 Å². The third kappa shape index (κ3) is 4.35. The van der Waals surface area contributed by atoms with Crippen molar-refractivity contribution in [3.63, 3.8) is 0 Å². The first-order chi connectivity index (χ1) is 13.0. The Balaban J connectivity index is 1.56. The van der Waals surface area contributed by atoms with E-state index in [-0.39, 0.29) is 6.10 Å². The van der Waals surface area contributed by atoms with Crippen molar-refractivity contribution in [3.05, 3.63) is 28.8 Å². The van der Waals surface area contributed by atoms with Gasteiger partial charge in [0.1, 0.15) is 5.75 Å². The standard InChI is InChI=1S/C24H37NO2/c1-4-5-19-11-21-18(12-24(19)27-15-17-6-7-17)8-9-25-14-20(10-16(2)3)23(26)13-22(21)25/h11-12,16-17,20,22-23,26H,4-10,13-15H2,1-3H3. The summed E-state index contributed by atoms with van der Waals surface area (Å²) in [6, 6.07) is 5.15. The summed E-state index contributed by atoms with van der Waals surface area (Å²) in [5, 5.41) is 10.8. The van der Waals surface area contributed by atoms with Gasteiger partial charge < -0.3 is 9.84 Å². The topological polar surface area (TPSA) is 32.7 Å². The summed E-state index contributed by atoms with van der Waals surface area (Å²) < 4.78 is 6.23. The third-order valence-corrected chi connectivity index (χ3v) is 6.73. The van der Waals surface area contributed by atoms with Gasteiger partial charge in [0.05, 0.1) is 12.7 Å². The first-order valence-corrected chi connectivity index (χ1v) is 11.3. The van der Waals surface area contributed by atoms with Crippen LogP contribution in [0.15, 0.2) is 12.1 Å². The van der Waals surface area contributed by atoms with Gasteiger partial charge in [-0.15, -0.1) is 0 Å². The Hall–Kier alpha value is -1.06. The highest BCUT2D eigenvalue weighted by atomic mass is 16.5. The molecule has 4 rings (SSSR count). The fourth-order valence-corrected chi connectivity index (χ4v) is 5.10. The van der Waals surface area contributed by atoms with Crippen LogP contribution in [0.4, 0.5) is 0 Å². The summed E-state index contributed by atoms with van der Waals surface area (Å²) in [5.41, 5.74) is 4.29. The van der Waals surface area contributed by atoms with E-state index in [1.807, 2.05) is 0 Å². The molecule has 0 bridgehead atoms. The van der Waals surface area contributed by atoms with Gasteiger partial charge in [-0.1, -0.05) is 33.3 Å². The van der Waals surface area contributed by atoms with E-state index in [0.717, 1.165) is 63.5 Å². The van der Waals surface area contributed by atoms with E-state index in [4.69, 9.17) is 4.74 Å². The van der Waals surface area contributed by atoms with E-state index in [1.165, 1.54) is 29.5 Å². The lowest BCUT2D eigenvalue weighted by Gasteiger charge is -2.46. The second kappa shape index (κ2) is 8.13. The zero-order valence-electron chi connectivity index (χ0n) is 17.4. The summed E-state index contributed by atoms with van der Waals surface area (Å²) in [6.07, 6.45) is 7.86. The predicted molar refractivity (Wildman–Crippen MR) is 110 cm³/mol. The molecule has 0 spiro atoms. The van der Waals surface area contributed by atoms with E-state index >= 15 is 0 Å². The number of hydrogen-bond donors (Lipinski definition) is 1. The van der Waals surface area contributed by atoms with Crippen LogP contribution in [0.1, 0.15) is 75.6 Å². The number of piperidine rings is 1. The Morgan fingerprint density at radius 2 is 2.07 bits per heavy atom. The Labute approximate surface area is 165 Å². The summed E-state index contributed by atoms with van der Waals surface area (Å²) >= 11 is 0. The van der Waals surface area contributed by atoms with Crippen LogP contribution in [0.5, 0.6) is 5.75 Å². The number of benzene rings is 1. The minimum absolute atomic E-state index is 0.167. The SMILES string of the molecule is CCCc1cc2c(cc1OCC1CC1)CCN1CC(CC(C)C)C(O)CC21. The highest BCUT2D eigenvalue weighted by Crippen LogP contribution is 2.42. The molecule has 1 N–H and O–H groups in total. The van der Waals surface area contributed by atoms with Gasteiger partial charge in [0.25, 0.3) is 0 Å². The predicted octanol–water partition coefficient (Wildman–Crippen LogP) is 4.75. The molecule has 27 heavy (non-hydrogen) atoms. The van der Waals surface area contributed by atoms with Crippen LogP contribution in [0.2, 0.25) is 0 Å². The number of ether oxygens (including phenoxy) is 1. The molecule has 3 unspecified atom stereocenters. The van der Waals surface area contributed by atoms with Gasteiger partial charge in [-0.25, -0.2) is 0 Å². The maximum absolute atomic E-state index is 10.8. The maximum atomic E-state index is 10.8. The molecule has 1 aromatic carbocycles. The summed E-state index contributed by atoms with van der Waals surface area (Å²) in [5.74, 6) is 3.00. The molecular weight excluding hydrogens is 334 g/mol. The van der Waals surface area contributed by atoms with Crippen molar-refractivity contribution >= 4 is 0 Å². The first-order valence-electron chi connectivity index (χ1n) is 11.3. The van der Waals surface area contributed by atoms with E-state index in [0.29, 0.717) is 17.9 Å². The van der Waals surface area contributed by atoms with E-state index in [9.17, 15) is 5.11 Å². The van der Waals surface area contributed by atoms with Crippen molar-refractivity contribution in [1.29, 1.82) is 0 Å². The molecule has 1 aliphatic carbocycles. The summed E-state index contributed by atoms with van der Waals surface area (Å²) in [6.45, 7) is 9.84. The van der Waals surface area contributed by atoms with Crippen molar-refractivity contribution in [2.45, 2.75) is 77.9 Å². The molecule has 1 saturated carbocycles. The Kier molecular flexibility index (Phi) is 5.80. The average Bonchev–Trinajstić information content (AvgIpc) is 3.45. The van der Waals surface area contributed by atoms with Crippen molar-refractivity contribution < 1.29 is 9.84 Å². The van der Waals surface area contributed by atoms with Gasteiger partial charge in [-0.2, -0.15) is 0 Å². The Morgan fingerprint density at radius 1 is 1.26 bits per heavy atom. The molecule has 0 aromatic heterocycles. The van der Waals surface area contributed by atoms with Crippen LogP contribution in [-0.4, -0.2) is 35.8 Å². The van der Waals surface area contributed by atoms with E-state index < -0.39 is 0 Å². The van der Waals surface area contributed by atoms with Gasteiger partial charge in [0.2, 0.25) is 0 Å². The fraction of sp³-hybridized carbons (Fsp3) is 0.750. The van der Waals surface area contributed by atoms with Gasteiger partial charge in [-0.05, 0) is 79.0 Å². The zero-order valence-corrected chi connectivity index (χ0v) is 17.4. The second-order valence-corrected chi connectivity index (χ2v) is 9.62. The van der Waals surface area contributed by atoms with E-state index in [1.54, 1.807) is 0 Å². The smallest absolute Gasteiger partial charge is 0.122 e. The molecule has 0 radical (unpaired) electrons. The lowest BCUT2D eigenvalue weighted by atomic mass is 9.78. The quantitative estimate of drug-likeness (QED) is 0.750. The highest BCUT2D eigenvalue weighted by molar-refractivity contribution is 5.46. The monoisotopic (exact) mass is 371 g/mol. The maximum Gasteiger partial charge on any atom is 0.122 e. The summed E-state index contributed by atoms with van der Waals surface area (Å²) in [7, 11) is 0. The van der Waals surface area contributed by atoms with Crippen molar-refractivity contribution in [3.8, 4) is 5.75 Å². The number of aliphatic hydroxyl groups excluding tert-OH is 1. The van der Waals surface area contributed by atoms with Crippen LogP contribution >= 0.6 is 0 Å². The van der Waals surface area contributed by atoms with Gasteiger partial charge >= 0.3 is 0 Å². The molecule has 3 atom stereocenters. The van der Waals surface area contributed by atoms with Crippen LogP contribution in [-0.2, 0) is 12.8 Å². The molecule has 150 valence electrons. The summed E-state index contributed by atoms with van der Waals surface area (Å²) in [4.78, 5) is 2.64. The fourth-order valence-electron chi connectivity index (χ4n) is 5.10. The lowest BCUT2D eigenvalue weighted by molar-refractivity contribution is -0.0191. The van der Waals surface area contributed by atoms with Gasteiger partial charge in [-0.3, -0.25) is 4.90 Å². The number of hydrogen-bond acceptors (Lipinski definition) is 3. The number of nitrogens with zero attached hydrogens (tertiary/aromatic N) is 1. The Morgan fingerprint density at radius 3 is 2.78 bits per heavy atom. The largest absolute Gasteiger partial charge is 0.493 e. The molecule has 3 aliphatic rings. The lowest BCUT2D eigenvalue weighted by Crippen LogP contribution is -2.48. The minimum atomic E-state index is -0.167. The number of aliphatic hydroxyl groups is 1. The molecule has 2 heterocycles. The second-order valence-electron chi connectivity index (χ2n) is 9.62. The molecule has 1 saturated heterocycles. The normalized spacial score (nSPS) is 28.1. The van der Waals surface area contributed by atoms with Crippen molar-refractivity contribution in [2.75, 3.05) is 19.7 Å². The minimum Gasteiger partial charge on any atom is -0.493 e. The molecule has 1 aromatic rings. The van der Waals surface area contributed by atoms with Gasteiger partial charge in [0.15, 0.2) is 0 Å². The van der Waals surface area contributed by atoms with Crippen LogP contribution in [0.25, 0.3) is 0 Å². The molecule has 2 aliphatic heterocycles. The number of fused-ring (bicyclic) bond motifs is 3. The molecule has 0 amide bonds. The van der Waals surface area contributed by atoms with E-state index in [2.05, 4.69) is 37.8 Å². The van der Waals surface area contributed by atoms with Crippen LogP contribution < -0.4 is 4.74 Å². The van der Waals surface area contributed by atoms with Crippen molar-refractivity contribution in [2.24, 2.45) is 17.8 Å². The zero-order chi connectivity index (χ0) is 19.0. The molecule has 3 nitrogen and oxygen atoms in total. The number of aryl methyl sites for hydroxylation is 1.